The predicted molar refractivity (Wildman–Crippen MR) is 61.5 cm³/mol. The molecule has 62 valence electrons. The van der Waals surface area contributed by atoms with E-state index in [1.165, 1.54) is 21.9 Å². The van der Waals surface area contributed by atoms with Gasteiger partial charge in [0, 0.05) is 0 Å². The van der Waals surface area contributed by atoms with Gasteiger partial charge in [-0.15, -0.1) is 0 Å². The number of fused-ring (bicyclic) bond motifs is 3. The first kappa shape index (κ1) is 8.35. The van der Waals surface area contributed by atoms with E-state index in [2.05, 4.69) is 66.3 Å². The van der Waals surface area contributed by atoms with E-state index in [0.29, 0.717) is 4.59 Å². The number of allylic oxidation sites excluding steroid dienone is 1. The zero-order valence-corrected chi connectivity index (χ0v) is 8.20. The minimum atomic E-state index is 0.578. The van der Waals surface area contributed by atoms with Crippen LogP contribution in [0.25, 0.3) is 16.8 Å². The van der Waals surface area contributed by atoms with Crippen molar-refractivity contribution in [3.8, 4) is 0 Å². The Bertz CT molecular complexity index is 526. The Morgan fingerprint density at radius 3 is 2.79 bits per heavy atom. The molecule has 0 spiro atoms. The molecule has 0 fully saturated rings. The van der Waals surface area contributed by atoms with Crippen molar-refractivity contribution in [3.63, 3.8) is 0 Å². The van der Waals surface area contributed by atoms with Gasteiger partial charge in [0.25, 0.3) is 0 Å². The van der Waals surface area contributed by atoms with Gasteiger partial charge in [-0.25, -0.2) is 0 Å². The fourth-order valence-corrected chi connectivity index (χ4v) is 2.24. The molecule has 3 rings (SSSR count). The molecule has 0 aliphatic heterocycles. The molecule has 1 aliphatic rings. The fraction of sp³-hybridized carbons (Fsp3) is 0.0769. The summed E-state index contributed by atoms with van der Waals surface area (Å²) in [6.45, 7) is 0. The molecule has 0 nitrogen and oxygen atoms in total. The molecule has 0 amide bonds. The van der Waals surface area contributed by atoms with Crippen LogP contribution in [-0.4, -0.2) is 17.7 Å². The molecule has 2 aromatic rings. The Labute approximate surface area is 92.8 Å². The molecule has 0 saturated heterocycles. The SMILES string of the molecule is [Li][CH]1C=Cc2c1ccc1ccccc21. The maximum absolute atomic E-state index is 2.27. The van der Waals surface area contributed by atoms with Crippen molar-refractivity contribution in [1.82, 2.24) is 0 Å². The zero-order valence-electron chi connectivity index (χ0n) is 8.20. The summed E-state index contributed by atoms with van der Waals surface area (Å²) >= 11 is 2.25. The topological polar surface area (TPSA) is 0 Å². The fourth-order valence-electron chi connectivity index (χ4n) is 2.24. The number of hydrogen-bond donors (Lipinski definition) is 0. The Morgan fingerprint density at radius 1 is 1.00 bits per heavy atom. The predicted octanol–water partition coefficient (Wildman–Crippen LogP) is 3.08. The van der Waals surface area contributed by atoms with Gasteiger partial charge in [0.05, 0.1) is 0 Å². The van der Waals surface area contributed by atoms with Crippen LogP contribution in [0.15, 0.2) is 42.5 Å². The van der Waals surface area contributed by atoms with E-state index in [-0.39, 0.29) is 0 Å². The zero-order chi connectivity index (χ0) is 9.54. The second kappa shape index (κ2) is 3.02. The van der Waals surface area contributed by atoms with Gasteiger partial charge in [0.2, 0.25) is 0 Å². The number of benzene rings is 2. The number of rotatable bonds is 0. The molecule has 0 radical (unpaired) electrons. The average Bonchev–Trinajstić information content (AvgIpc) is 2.61. The third-order valence-corrected chi connectivity index (χ3v) is 3.05. The first-order chi connectivity index (χ1) is 6.86. The molecular formula is C13H9Li. The Kier molecular flexibility index (Phi) is 1.80. The van der Waals surface area contributed by atoms with E-state index < -0.39 is 0 Å². The van der Waals surface area contributed by atoms with Crippen molar-refractivity contribution in [2.24, 2.45) is 0 Å². The molecule has 14 heavy (non-hydrogen) atoms. The third kappa shape index (κ3) is 1.08. The molecular weight excluding hydrogens is 163 g/mol. The van der Waals surface area contributed by atoms with Crippen molar-refractivity contribution in [2.45, 2.75) is 4.59 Å². The van der Waals surface area contributed by atoms with Crippen LogP contribution >= 0.6 is 0 Å². The average molecular weight is 172 g/mol. The standard InChI is InChI=1S/C13H9.Li/c1-2-6-12-10(4-1)8-9-11-5-3-7-13(11)12;/h1-9H;. The number of hydrogen-bond acceptors (Lipinski definition) is 0. The van der Waals surface area contributed by atoms with E-state index in [9.17, 15) is 0 Å². The summed E-state index contributed by atoms with van der Waals surface area (Å²) < 4.78 is 0.578. The molecule has 1 aliphatic carbocycles. The van der Waals surface area contributed by atoms with E-state index >= 15 is 0 Å². The van der Waals surface area contributed by atoms with Crippen LogP contribution in [0, 0.1) is 0 Å². The molecule has 0 bridgehead atoms. The van der Waals surface area contributed by atoms with Crippen molar-refractivity contribution in [3.05, 3.63) is 53.6 Å². The summed E-state index contributed by atoms with van der Waals surface area (Å²) in [6.07, 6.45) is 4.53. The summed E-state index contributed by atoms with van der Waals surface area (Å²) in [5.74, 6) is 0. The van der Waals surface area contributed by atoms with Crippen molar-refractivity contribution < 1.29 is 0 Å². The van der Waals surface area contributed by atoms with Gasteiger partial charge in [-0.3, -0.25) is 0 Å². The summed E-state index contributed by atoms with van der Waals surface area (Å²) in [4.78, 5) is 0. The molecule has 1 unspecified atom stereocenters. The van der Waals surface area contributed by atoms with Crippen LogP contribution in [-0.2, 0) is 0 Å². The van der Waals surface area contributed by atoms with Crippen molar-refractivity contribution in [1.29, 1.82) is 0 Å². The van der Waals surface area contributed by atoms with Crippen LogP contribution in [0.4, 0.5) is 0 Å². The molecule has 0 aromatic heterocycles. The Hall–Kier alpha value is -0.963. The Balaban J connectivity index is 2.43. The maximum atomic E-state index is 2.27. The van der Waals surface area contributed by atoms with E-state index in [0.717, 1.165) is 0 Å². The first-order valence-electron chi connectivity index (χ1n) is 5.06. The summed E-state index contributed by atoms with van der Waals surface area (Å²) in [6, 6.07) is 13.1. The third-order valence-electron chi connectivity index (χ3n) is 3.05. The second-order valence-corrected chi connectivity index (χ2v) is 3.94. The first-order valence-corrected chi connectivity index (χ1v) is 5.06. The van der Waals surface area contributed by atoms with Crippen LogP contribution in [0.5, 0.6) is 0 Å². The molecule has 2 aromatic carbocycles. The van der Waals surface area contributed by atoms with E-state index in [1.807, 2.05) is 0 Å². The minimum absolute atomic E-state index is 0.578. The van der Waals surface area contributed by atoms with E-state index in [4.69, 9.17) is 0 Å². The van der Waals surface area contributed by atoms with Gasteiger partial charge in [0.15, 0.2) is 0 Å². The van der Waals surface area contributed by atoms with Gasteiger partial charge in [-0.2, -0.15) is 0 Å². The summed E-state index contributed by atoms with van der Waals surface area (Å²) in [7, 11) is 0. The summed E-state index contributed by atoms with van der Waals surface area (Å²) in [5.41, 5.74) is 2.87. The van der Waals surface area contributed by atoms with Crippen molar-refractivity contribution >= 4 is 34.6 Å². The van der Waals surface area contributed by atoms with Crippen LogP contribution < -0.4 is 0 Å². The monoisotopic (exact) mass is 172 g/mol. The normalized spacial score (nSPS) is 18.9. The Morgan fingerprint density at radius 2 is 1.86 bits per heavy atom. The van der Waals surface area contributed by atoms with Gasteiger partial charge in [-0.05, 0) is 0 Å². The quantitative estimate of drug-likeness (QED) is 0.535. The molecule has 1 heteroatoms. The van der Waals surface area contributed by atoms with Gasteiger partial charge in [0.1, 0.15) is 0 Å². The van der Waals surface area contributed by atoms with Crippen LogP contribution in [0.3, 0.4) is 0 Å². The van der Waals surface area contributed by atoms with Crippen LogP contribution in [0.2, 0.25) is 0 Å². The molecule has 0 N–H and O–H groups in total. The van der Waals surface area contributed by atoms with Gasteiger partial charge >= 0.3 is 92.8 Å². The van der Waals surface area contributed by atoms with E-state index in [1.54, 1.807) is 0 Å². The van der Waals surface area contributed by atoms with Gasteiger partial charge < -0.3 is 0 Å². The summed E-state index contributed by atoms with van der Waals surface area (Å²) in [5, 5.41) is 2.72. The van der Waals surface area contributed by atoms with Gasteiger partial charge in [-0.1, -0.05) is 0 Å². The second-order valence-electron chi connectivity index (χ2n) is 3.94. The van der Waals surface area contributed by atoms with Crippen LogP contribution in [0.1, 0.15) is 15.7 Å². The molecule has 1 atom stereocenters. The molecule has 0 heterocycles. The van der Waals surface area contributed by atoms with Crippen molar-refractivity contribution in [2.75, 3.05) is 0 Å². The molecule has 0 saturated carbocycles.